The number of halogens is 1. The fourth-order valence-electron chi connectivity index (χ4n) is 1.81. The van der Waals surface area contributed by atoms with E-state index in [-0.39, 0.29) is 0 Å². The van der Waals surface area contributed by atoms with Crippen LogP contribution < -0.4 is 5.73 Å². The molecule has 2 N–H and O–H groups in total. The Morgan fingerprint density at radius 1 is 1.12 bits per heavy atom. The van der Waals surface area contributed by atoms with Crippen LogP contribution in [0.1, 0.15) is 0 Å². The second-order valence-corrected chi connectivity index (χ2v) is 4.16. The number of rotatable bonds is 1. The zero-order valence-electron chi connectivity index (χ0n) is 8.97. The standard InChI is InChI=1S/C13H10ClN3/c14-13-12(9-4-2-1-3-5-9)16-11-8-10(15)6-7-17(11)13/h1-8H,15H2. The highest BCUT2D eigenvalue weighted by Crippen LogP contribution is 2.28. The van der Waals surface area contributed by atoms with Crippen molar-refractivity contribution >= 4 is 22.9 Å². The summed E-state index contributed by atoms with van der Waals surface area (Å²) in [6.45, 7) is 0. The molecular formula is C13H10ClN3. The number of nitrogens with two attached hydrogens (primary N) is 1. The molecule has 2 heterocycles. The second-order valence-electron chi connectivity index (χ2n) is 3.81. The van der Waals surface area contributed by atoms with E-state index in [1.54, 1.807) is 12.1 Å². The molecule has 0 fully saturated rings. The van der Waals surface area contributed by atoms with Gasteiger partial charge in [0.1, 0.15) is 16.5 Å². The topological polar surface area (TPSA) is 43.3 Å². The van der Waals surface area contributed by atoms with Gasteiger partial charge in [0.15, 0.2) is 0 Å². The number of fused-ring (bicyclic) bond motifs is 1. The summed E-state index contributed by atoms with van der Waals surface area (Å²) in [5, 5.41) is 0.603. The van der Waals surface area contributed by atoms with Crippen molar-refractivity contribution in [3.05, 3.63) is 53.8 Å². The van der Waals surface area contributed by atoms with Crippen LogP contribution in [-0.2, 0) is 0 Å². The van der Waals surface area contributed by atoms with Crippen molar-refractivity contribution in [1.82, 2.24) is 9.38 Å². The maximum absolute atomic E-state index is 6.30. The van der Waals surface area contributed by atoms with Crippen LogP contribution >= 0.6 is 11.6 Å². The molecule has 4 heteroatoms. The van der Waals surface area contributed by atoms with Crippen molar-refractivity contribution in [2.45, 2.75) is 0 Å². The Labute approximate surface area is 103 Å². The quantitative estimate of drug-likeness (QED) is 0.713. The SMILES string of the molecule is Nc1ccn2c(Cl)c(-c3ccccc3)nc2c1. The average Bonchev–Trinajstić information content (AvgIpc) is 2.67. The van der Waals surface area contributed by atoms with E-state index < -0.39 is 0 Å². The molecule has 0 radical (unpaired) electrons. The summed E-state index contributed by atoms with van der Waals surface area (Å²) in [6, 6.07) is 13.5. The molecule has 0 unspecified atom stereocenters. The number of benzene rings is 1. The first-order valence-electron chi connectivity index (χ1n) is 5.24. The molecule has 0 atom stereocenters. The minimum atomic E-state index is 0.603. The molecule has 0 spiro atoms. The third kappa shape index (κ3) is 1.65. The Morgan fingerprint density at radius 3 is 2.65 bits per heavy atom. The molecule has 0 aliphatic carbocycles. The lowest BCUT2D eigenvalue weighted by Crippen LogP contribution is -1.88. The van der Waals surface area contributed by atoms with Crippen LogP contribution in [0.4, 0.5) is 5.69 Å². The summed E-state index contributed by atoms with van der Waals surface area (Å²) in [6.07, 6.45) is 1.83. The number of imidazole rings is 1. The Kier molecular flexibility index (Phi) is 2.27. The number of hydrogen-bond acceptors (Lipinski definition) is 2. The summed E-state index contributed by atoms with van der Waals surface area (Å²) in [4.78, 5) is 4.49. The molecule has 0 aliphatic rings. The monoisotopic (exact) mass is 243 g/mol. The minimum absolute atomic E-state index is 0.603. The third-order valence-electron chi connectivity index (χ3n) is 2.64. The van der Waals surface area contributed by atoms with Crippen LogP contribution in [0.25, 0.3) is 16.9 Å². The molecule has 2 aromatic heterocycles. The fraction of sp³-hybridized carbons (Fsp3) is 0. The predicted octanol–water partition coefficient (Wildman–Crippen LogP) is 3.24. The van der Waals surface area contributed by atoms with Crippen molar-refractivity contribution < 1.29 is 0 Å². The molecule has 0 bridgehead atoms. The summed E-state index contributed by atoms with van der Waals surface area (Å²) in [5.74, 6) is 0. The fourth-order valence-corrected chi connectivity index (χ4v) is 2.10. The highest BCUT2D eigenvalue weighted by molar-refractivity contribution is 6.32. The van der Waals surface area contributed by atoms with E-state index in [2.05, 4.69) is 4.98 Å². The number of nitrogens with zero attached hydrogens (tertiary/aromatic N) is 2. The van der Waals surface area contributed by atoms with Gasteiger partial charge >= 0.3 is 0 Å². The van der Waals surface area contributed by atoms with Crippen LogP contribution in [0.2, 0.25) is 5.15 Å². The molecule has 17 heavy (non-hydrogen) atoms. The van der Waals surface area contributed by atoms with E-state index in [9.17, 15) is 0 Å². The smallest absolute Gasteiger partial charge is 0.141 e. The lowest BCUT2D eigenvalue weighted by molar-refractivity contribution is 1.19. The van der Waals surface area contributed by atoms with Crippen molar-refractivity contribution in [1.29, 1.82) is 0 Å². The highest BCUT2D eigenvalue weighted by atomic mass is 35.5. The van der Waals surface area contributed by atoms with Crippen LogP contribution in [0.5, 0.6) is 0 Å². The van der Waals surface area contributed by atoms with Gasteiger partial charge in [-0.3, -0.25) is 4.40 Å². The largest absolute Gasteiger partial charge is 0.399 e. The molecule has 3 rings (SSSR count). The first kappa shape index (κ1) is 10.2. The summed E-state index contributed by atoms with van der Waals surface area (Å²) >= 11 is 6.30. The van der Waals surface area contributed by atoms with Gasteiger partial charge in [0.2, 0.25) is 0 Å². The molecule has 0 saturated carbocycles. The molecule has 0 saturated heterocycles. The Hall–Kier alpha value is -2.00. The zero-order chi connectivity index (χ0) is 11.8. The number of hydrogen-bond donors (Lipinski definition) is 1. The van der Waals surface area contributed by atoms with Crippen molar-refractivity contribution in [2.75, 3.05) is 5.73 Å². The Bertz CT molecular complexity index is 674. The maximum atomic E-state index is 6.30. The average molecular weight is 244 g/mol. The van der Waals surface area contributed by atoms with Gasteiger partial charge in [-0.2, -0.15) is 0 Å². The molecular weight excluding hydrogens is 234 g/mol. The highest BCUT2D eigenvalue weighted by Gasteiger charge is 2.11. The second kappa shape index (κ2) is 3.79. The Morgan fingerprint density at radius 2 is 1.88 bits per heavy atom. The van der Waals surface area contributed by atoms with Crippen LogP contribution in [-0.4, -0.2) is 9.38 Å². The van der Waals surface area contributed by atoms with Gasteiger partial charge in [-0.15, -0.1) is 0 Å². The van der Waals surface area contributed by atoms with Gasteiger partial charge in [0.05, 0.1) is 0 Å². The van der Waals surface area contributed by atoms with E-state index in [1.165, 1.54) is 0 Å². The van der Waals surface area contributed by atoms with E-state index in [4.69, 9.17) is 17.3 Å². The minimum Gasteiger partial charge on any atom is -0.399 e. The van der Waals surface area contributed by atoms with Crippen LogP contribution in [0, 0.1) is 0 Å². The third-order valence-corrected chi connectivity index (χ3v) is 3.00. The number of pyridine rings is 1. The van der Waals surface area contributed by atoms with E-state index in [0.29, 0.717) is 10.8 Å². The number of aromatic nitrogens is 2. The lowest BCUT2D eigenvalue weighted by atomic mass is 10.2. The van der Waals surface area contributed by atoms with Gasteiger partial charge in [0, 0.05) is 23.5 Å². The first-order valence-corrected chi connectivity index (χ1v) is 5.62. The molecule has 0 aliphatic heterocycles. The molecule has 0 amide bonds. The summed E-state index contributed by atoms with van der Waals surface area (Å²) in [5.41, 5.74) is 8.94. The molecule has 3 aromatic rings. The predicted molar refractivity (Wildman–Crippen MR) is 70.1 cm³/mol. The van der Waals surface area contributed by atoms with Crippen LogP contribution in [0.3, 0.4) is 0 Å². The maximum Gasteiger partial charge on any atom is 0.141 e. The first-order chi connectivity index (χ1) is 8.25. The van der Waals surface area contributed by atoms with E-state index >= 15 is 0 Å². The van der Waals surface area contributed by atoms with Gasteiger partial charge in [-0.25, -0.2) is 4.98 Å². The number of nitrogen functional groups attached to an aromatic ring is 1. The number of anilines is 1. The molecule has 3 nitrogen and oxygen atoms in total. The van der Waals surface area contributed by atoms with Crippen molar-refractivity contribution in [3.8, 4) is 11.3 Å². The van der Waals surface area contributed by atoms with Gasteiger partial charge in [0.25, 0.3) is 0 Å². The van der Waals surface area contributed by atoms with Gasteiger partial charge in [-0.05, 0) is 6.07 Å². The Balaban J connectivity index is 2.28. The normalized spacial score (nSPS) is 10.9. The van der Waals surface area contributed by atoms with Crippen molar-refractivity contribution in [2.24, 2.45) is 0 Å². The molecule has 1 aromatic carbocycles. The molecule has 84 valence electrons. The van der Waals surface area contributed by atoms with Gasteiger partial charge < -0.3 is 5.73 Å². The zero-order valence-corrected chi connectivity index (χ0v) is 9.72. The van der Waals surface area contributed by atoms with Gasteiger partial charge in [-0.1, -0.05) is 41.9 Å². The summed E-state index contributed by atoms with van der Waals surface area (Å²) in [7, 11) is 0. The summed E-state index contributed by atoms with van der Waals surface area (Å²) < 4.78 is 1.82. The lowest BCUT2D eigenvalue weighted by Gasteiger charge is -1.97. The van der Waals surface area contributed by atoms with Crippen molar-refractivity contribution in [3.63, 3.8) is 0 Å². The van der Waals surface area contributed by atoms with E-state index in [0.717, 1.165) is 16.9 Å². The van der Waals surface area contributed by atoms with E-state index in [1.807, 2.05) is 40.9 Å². The van der Waals surface area contributed by atoms with Crippen LogP contribution in [0.15, 0.2) is 48.7 Å².